The van der Waals surface area contributed by atoms with Gasteiger partial charge in [-0.25, -0.2) is 0 Å². The molecular weight excluding hydrogens is 402 g/mol. The van der Waals surface area contributed by atoms with Crippen molar-refractivity contribution in [2.24, 2.45) is 0 Å². The SMILES string of the molecule is CC(C)Oc1ccc(C(=O)NC(=S)Nc2cccc(C(=O)N3CCOCC3)c2)cc1. The second-order valence-corrected chi connectivity index (χ2v) is 7.49. The van der Waals surface area contributed by atoms with Crippen LogP contribution in [0.15, 0.2) is 48.5 Å². The number of rotatable bonds is 5. The van der Waals surface area contributed by atoms with Crippen LogP contribution in [0.3, 0.4) is 0 Å². The minimum Gasteiger partial charge on any atom is -0.491 e. The second kappa shape index (κ2) is 10.2. The van der Waals surface area contributed by atoms with Crippen LogP contribution in [-0.4, -0.2) is 54.2 Å². The summed E-state index contributed by atoms with van der Waals surface area (Å²) in [6, 6.07) is 13.9. The van der Waals surface area contributed by atoms with E-state index in [1.165, 1.54) is 0 Å². The molecule has 8 heteroatoms. The van der Waals surface area contributed by atoms with Gasteiger partial charge in [-0.1, -0.05) is 6.07 Å². The molecule has 1 aliphatic rings. The first-order valence-electron chi connectivity index (χ1n) is 9.78. The lowest BCUT2D eigenvalue weighted by Crippen LogP contribution is -2.40. The molecule has 2 N–H and O–H groups in total. The fourth-order valence-corrected chi connectivity index (χ4v) is 3.18. The van der Waals surface area contributed by atoms with E-state index >= 15 is 0 Å². The predicted octanol–water partition coefficient (Wildman–Crippen LogP) is 3.07. The molecule has 3 rings (SSSR count). The first kappa shape index (κ1) is 21.7. The van der Waals surface area contributed by atoms with Crippen molar-refractivity contribution in [3.8, 4) is 5.75 Å². The summed E-state index contributed by atoms with van der Waals surface area (Å²) in [5.74, 6) is 0.314. The Kier molecular flexibility index (Phi) is 7.37. The highest BCUT2D eigenvalue weighted by Crippen LogP contribution is 2.15. The Morgan fingerprint density at radius 3 is 2.43 bits per heavy atom. The van der Waals surface area contributed by atoms with Gasteiger partial charge in [0, 0.05) is 29.9 Å². The molecule has 1 aliphatic heterocycles. The van der Waals surface area contributed by atoms with Crippen molar-refractivity contribution in [3.05, 3.63) is 59.7 Å². The van der Waals surface area contributed by atoms with E-state index in [9.17, 15) is 9.59 Å². The summed E-state index contributed by atoms with van der Waals surface area (Å²) in [5, 5.41) is 5.75. The number of amides is 2. The zero-order valence-electron chi connectivity index (χ0n) is 17.0. The smallest absolute Gasteiger partial charge is 0.257 e. The third-order valence-corrected chi connectivity index (χ3v) is 4.59. The quantitative estimate of drug-likeness (QED) is 0.714. The summed E-state index contributed by atoms with van der Waals surface area (Å²) in [7, 11) is 0. The first-order valence-corrected chi connectivity index (χ1v) is 10.2. The molecule has 1 saturated heterocycles. The molecule has 0 radical (unpaired) electrons. The van der Waals surface area contributed by atoms with Crippen LogP contribution in [0.25, 0.3) is 0 Å². The van der Waals surface area contributed by atoms with Crippen LogP contribution >= 0.6 is 12.2 Å². The molecular formula is C22H25N3O4S. The summed E-state index contributed by atoms with van der Waals surface area (Å²) < 4.78 is 10.9. The first-order chi connectivity index (χ1) is 14.4. The number of carbonyl (C=O) groups excluding carboxylic acids is 2. The van der Waals surface area contributed by atoms with Crippen molar-refractivity contribution in [1.82, 2.24) is 10.2 Å². The number of benzene rings is 2. The van der Waals surface area contributed by atoms with Gasteiger partial charge in [-0.2, -0.15) is 0 Å². The van der Waals surface area contributed by atoms with Gasteiger partial charge in [-0.05, 0) is 68.5 Å². The normalized spacial score (nSPS) is 13.6. The maximum absolute atomic E-state index is 12.6. The molecule has 1 fully saturated rings. The number of thiocarbonyl (C=S) groups is 1. The fourth-order valence-electron chi connectivity index (χ4n) is 2.97. The standard InChI is InChI=1S/C22H25N3O4S/c1-15(2)29-19-8-6-16(7-9-19)20(26)24-22(30)23-18-5-3-4-17(14-18)21(27)25-10-12-28-13-11-25/h3-9,14-15H,10-13H2,1-2H3,(H2,23,24,26,30). The topological polar surface area (TPSA) is 79.9 Å². The summed E-state index contributed by atoms with van der Waals surface area (Å²) >= 11 is 5.25. The number of ether oxygens (including phenoxy) is 2. The van der Waals surface area contributed by atoms with Gasteiger partial charge in [-0.15, -0.1) is 0 Å². The van der Waals surface area contributed by atoms with Crippen molar-refractivity contribution >= 4 is 34.8 Å². The Bertz CT molecular complexity index is 909. The van der Waals surface area contributed by atoms with Gasteiger partial charge in [0.1, 0.15) is 5.75 Å². The Hall–Kier alpha value is -2.97. The lowest BCUT2D eigenvalue weighted by Gasteiger charge is -2.27. The minimum atomic E-state index is -0.329. The van der Waals surface area contributed by atoms with Crippen LogP contribution < -0.4 is 15.4 Å². The predicted molar refractivity (Wildman–Crippen MR) is 119 cm³/mol. The molecule has 1 heterocycles. The summed E-state index contributed by atoms with van der Waals surface area (Å²) in [5.41, 5.74) is 1.64. The molecule has 0 spiro atoms. The van der Waals surface area contributed by atoms with Crippen molar-refractivity contribution < 1.29 is 19.1 Å². The second-order valence-electron chi connectivity index (χ2n) is 7.08. The molecule has 7 nitrogen and oxygen atoms in total. The van der Waals surface area contributed by atoms with E-state index in [2.05, 4.69) is 10.6 Å². The molecule has 0 saturated carbocycles. The molecule has 0 atom stereocenters. The Morgan fingerprint density at radius 1 is 1.07 bits per heavy atom. The summed E-state index contributed by atoms with van der Waals surface area (Å²) in [4.78, 5) is 26.8. The van der Waals surface area contributed by atoms with Crippen LogP contribution in [0.5, 0.6) is 5.75 Å². The number of nitrogens with zero attached hydrogens (tertiary/aromatic N) is 1. The molecule has 2 aromatic carbocycles. The van der Waals surface area contributed by atoms with Crippen LogP contribution in [0.1, 0.15) is 34.6 Å². The van der Waals surface area contributed by atoms with Gasteiger partial charge in [0.15, 0.2) is 5.11 Å². The molecule has 0 aromatic heterocycles. The zero-order chi connectivity index (χ0) is 21.5. The Labute approximate surface area is 181 Å². The Balaban J connectivity index is 1.58. The molecule has 0 bridgehead atoms. The van der Waals surface area contributed by atoms with Crippen molar-refractivity contribution in [2.45, 2.75) is 20.0 Å². The largest absolute Gasteiger partial charge is 0.491 e. The molecule has 30 heavy (non-hydrogen) atoms. The van der Waals surface area contributed by atoms with E-state index in [1.807, 2.05) is 13.8 Å². The summed E-state index contributed by atoms with van der Waals surface area (Å²) in [6.45, 7) is 6.12. The highest BCUT2D eigenvalue weighted by Gasteiger charge is 2.18. The summed E-state index contributed by atoms with van der Waals surface area (Å²) in [6.07, 6.45) is 0.0624. The van der Waals surface area contributed by atoms with E-state index < -0.39 is 0 Å². The third kappa shape index (κ3) is 6.01. The number of nitrogens with one attached hydrogen (secondary N) is 2. The maximum atomic E-state index is 12.6. The van der Waals surface area contributed by atoms with Gasteiger partial charge in [0.25, 0.3) is 11.8 Å². The Morgan fingerprint density at radius 2 is 1.77 bits per heavy atom. The van der Waals surface area contributed by atoms with Gasteiger partial charge >= 0.3 is 0 Å². The average molecular weight is 428 g/mol. The van der Waals surface area contributed by atoms with E-state index in [0.29, 0.717) is 48.9 Å². The number of anilines is 1. The van der Waals surface area contributed by atoms with Gasteiger partial charge < -0.3 is 19.7 Å². The van der Waals surface area contributed by atoms with Crippen LogP contribution in [0, 0.1) is 0 Å². The van der Waals surface area contributed by atoms with Crippen LogP contribution in [0.2, 0.25) is 0 Å². The highest BCUT2D eigenvalue weighted by molar-refractivity contribution is 7.80. The van der Waals surface area contributed by atoms with Gasteiger partial charge in [0.05, 0.1) is 19.3 Å². The molecule has 2 aromatic rings. The van der Waals surface area contributed by atoms with E-state index in [1.54, 1.807) is 53.4 Å². The van der Waals surface area contributed by atoms with Crippen LogP contribution in [-0.2, 0) is 4.74 Å². The van der Waals surface area contributed by atoms with Crippen LogP contribution in [0.4, 0.5) is 5.69 Å². The molecule has 0 unspecified atom stereocenters. The number of morpholine rings is 1. The van der Waals surface area contributed by atoms with Gasteiger partial charge in [-0.3, -0.25) is 14.9 Å². The van der Waals surface area contributed by atoms with Crippen molar-refractivity contribution in [3.63, 3.8) is 0 Å². The minimum absolute atomic E-state index is 0.0550. The number of hydrogen-bond donors (Lipinski definition) is 2. The lowest BCUT2D eigenvalue weighted by atomic mass is 10.1. The van der Waals surface area contributed by atoms with Crippen molar-refractivity contribution in [1.29, 1.82) is 0 Å². The van der Waals surface area contributed by atoms with Gasteiger partial charge in [0.2, 0.25) is 0 Å². The number of carbonyl (C=O) groups is 2. The number of hydrogen-bond acceptors (Lipinski definition) is 5. The zero-order valence-corrected chi connectivity index (χ0v) is 17.8. The van der Waals surface area contributed by atoms with E-state index in [-0.39, 0.29) is 23.0 Å². The maximum Gasteiger partial charge on any atom is 0.257 e. The highest BCUT2D eigenvalue weighted by atomic mass is 32.1. The average Bonchev–Trinajstić information content (AvgIpc) is 2.74. The lowest BCUT2D eigenvalue weighted by molar-refractivity contribution is 0.0303. The molecule has 158 valence electrons. The molecule has 2 amide bonds. The fraction of sp³-hybridized carbons (Fsp3) is 0.318. The third-order valence-electron chi connectivity index (χ3n) is 4.38. The van der Waals surface area contributed by atoms with Crippen molar-refractivity contribution in [2.75, 3.05) is 31.6 Å². The van der Waals surface area contributed by atoms with E-state index in [0.717, 1.165) is 0 Å². The monoisotopic (exact) mass is 427 g/mol. The molecule has 0 aliphatic carbocycles. The van der Waals surface area contributed by atoms with E-state index in [4.69, 9.17) is 21.7 Å².